The van der Waals surface area contributed by atoms with Gasteiger partial charge in [0.15, 0.2) is 5.52 Å². The highest BCUT2D eigenvalue weighted by Crippen LogP contribution is 2.19. The Hall–Kier alpha value is -2.31. The van der Waals surface area contributed by atoms with Gasteiger partial charge in [-0.1, -0.05) is 11.3 Å². The van der Waals surface area contributed by atoms with E-state index in [2.05, 4.69) is 10.3 Å². The standard InChI is InChI=1S/C8H6N4O3/c1-11-8(13)5-3-2-4-6(12(14)15)7(5)9-10-11/h2-4H,1H3. The SMILES string of the molecule is Cn1nnc2c([N+](=O)[O-])cccc2c1=O. The molecule has 7 heteroatoms. The predicted octanol–water partition coefficient (Wildman–Crippen LogP) is 0.237. The zero-order valence-corrected chi connectivity index (χ0v) is 7.75. The van der Waals surface area contributed by atoms with Crippen molar-refractivity contribution in [1.82, 2.24) is 15.0 Å². The van der Waals surface area contributed by atoms with Gasteiger partial charge >= 0.3 is 0 Å². The van der Waals surface area contributed by atoms with Crippen LogP contribution in [0.3, 0.4) is 0 Å². The second kappa shape index (κ2) is 3.12. The van der Waals surface area contributed by atoms with Gasteiger partial charge in [-0.2, -0.15) is 0 Å². The minimum atomic E-state index is -0.587. The summed E-state index contributed by atoms with van der Waals surface area (Å²) in [5, 5.41) is 18.0. The minimum Gasteiger partial charge on any atom is -0.267 e. The number of fused-ring (bicyclic) bond motifs is 1. The van der Waals surface area contributed by atoms with Crippen LogP contribution in [-0.4, -0.2) is 19.9 Å². The Morgan fingerprint density at radius 2 is 2.20 bits per heavy atom. The van der Waals surface area contributed by atoms with Crippen molar-refractivity contribution in [2.24, 2.45) is 7.05 Å². The Kier molecular flexibility index (Phi) is 1.93. The quantitative estimate of drug-likeness (QED) is 0.492. The summed E-state index contributed by atoms with van der Waals surface area (Å²) in [6.45, 7) is 0. The van der Waals surface area contributed by atoms with Crippen LogP contribution in [0.4, 0.5) is 5.69 Å². The Bertz CT molecular complexity index is 604. The van der Waals surface area contributed by atoms with Crippen LogP contribution in [0.5, 0.6) is 0 Å². The molecule has 0 fully saturated rings. The van der Waals surface area contributed by atoms with E-state index in [9.17, 15) is 14.9 Å². The van der Waals surface area contributed by atoms with Crippen LogP contribution in [0.15, 0.2) is 23.0 Å². The molecule has 1 aromatic carbocycles. The van der Waals surface area contributed by atoms with E-state index in [-0.39, 0.29) is 16.6 Å². The predicted molar refractivity (Wildman–Crippen MR) is 51.4 cm³/mol. The van der Waals surface area contributed by atoms with E-state index in [4.69, 9.17) is 0 Å². The summed E-state index contributed by atoms with van der Waals surface area (Å²) in [5.41, 5.74) is -0.591. The Labute approximate surface area is 83.1 Å². The lowest BCUT2D eigenvalue weighted by molar-refractivity contribution is -0.383. The largest absolute Gasteiger partial charge is 0.297 e. The topological polar surface area (TPSA) is 90.9 Å². The molecule has 0 saturated heterocycles. The van der Waals surface area contributed by atoms with E-state index in [1.165, 1.54) is 25.2 Å². The lowest BCUT2D eigenvalue weighted by Crippen LogP contribution is -2.21. The van der Waals surface area contributed by atoms with E-state index in [0.717, 1.165) is 4.68 Å². The molecule has 0 bridgehead atoms. The van der Waals surface area contributed by atoms with Gasteiger partial charge < -0.3 is 0 Å². The second-order valence-corrected chi connectivity index (χ2v) is 2.95. The van der Waals surface area contributed by atoms with Gasteiger partial charge in [0.25, 0.3) is 11.2 Å². The maximum atomic E-state index is 11.5. The van der Waals surface area contributed by atoms with Crippen molar-refractivity contribution in [3.05, 3.63) is 38.7 Å². The monoisotopic (exact) mass is 206 g/mol. The fourth-order valence-electron chi connectivity index (χ4n) is 1.28. The van der Waals surface area contributed by atoms with E-state index >= 15 is 0 Å². The number of hydrogen-bond donors (Lipinski definition) is 0. The first-order valence-electron chi connectivity index (χ1n) is 4.08. The number of hydrogen-bond acceptors (Lipinski definition) is 5. The molecule has 0 unspecified atom stereocenters. The van der Waals surface area contributed by atoms with Crippen LogP contribution in [0.25, 0.3) is 10.9 Å². The van der Waals surface area contributed by atoms with Gasteiger partial charge in [-0.25, -0.2) is 4.68 Å². The summed E-state index contributed by atoms with van der Waals surface area (Å²) in [6, 6.07) is 4.22. The number of nitro benzene ring substituents is 1. The molecular formula is C8H6N4O3. The fourth-order valence-corrected chi connectivity index (χ4v) is 1.28. The molecule has 15 heavy (non-hydrogen) atoms. The van der Waals surface area contributed by atoms with E-state index < -0.39 is 10.5 Å². The molecule has 1 aromatic heterocycles. The number of benzene rings is 1. The van der Waals surface area contributed by atoms with Crippen LogP contribution in [0.1, 0.15) is 0 Å². The van der Waals surface area contributed by atoms with Gasteiger partial charge in [-0.3, -0.25) is 14.9 Å². The molecule has 2 rings (SSSR count). The number of rotatable bonds is 1. The fraction of sp³-hybridized carbons (Fsp3) is 0.125. The Morgan fingerprint density at radius 1 is 1.47 bits per heavy atom. The van der Waals surface area contributed by atoms with Crippen molar-refractivity contribution in [1.29, 1.82) is 0 Å². The van der Waals surface area contributed by atoms with Crippen molar-refractivity contribution < 1.29 is 4.92 Å². The zero-order valence-electron chi connectivity index (χ0n) is 7.75. The van der Waals surface area contributed by atoms with Crippen LogP contribution < -0.4 is 5.56 Å². The zero-order chi connectivity index (χ0) is 11.0. The number of non-ortho nitro benzene ring substituents is 1. The van der Waals surface area contributed by atoms with Crippen molar-refractivity contribution in [2.75, 3.05) is 0 Å². The molecule has 0 aliphatic carbocycles. The first-order valence-corrected chi connectivity index (χ1v) is 4.08. The highest BCUT2D eigenvalue weighted by molar-refractivity contribution is 5.85. The molecule has 0 atom stereocenters. The number of aromatic nitrogens is 3. The highest BCUT2D eigenvalue weighted by Gasteiger charge is 2.15. The first kappa shape index (κ1) is 9.25. The van der Waals surface area contributed by atoms with E-state index in [0.29, 0.717) is 0 Å². The van der Waals surface area contributed by atoms with Crippen LogP contribution in [0.2, 0.25) is 0 Å². The number of aryl methyl sites for hydroxylation is 1. The molecule has 7 nitrogen and oxygen atoms in total. The van der Waals surface area contributed by atoms with Gasteiger partial charge in [0.05, 0.1) is 10.3 Å². The highest BCUT2D eigenvalue weighted by atomic mass is 16.6. The van der Waals surface area contributed by atoms with Gasteiger partial charge in [0.2, 0.25) is 0 Å². The van der Waals surface area contributed by atoms with Crippen LogP contribution >= 0.6 is 0 Å². The molecule has 0 spiro atoms. The third kappa shape index (κ3) is 1.33. The number of nitrogens with zero attached hydrogens (tertiary/aromatic N) is 4. The average molecular weight is 206 g/mol. The van der Waals surface area contributed by atoms with Gasteiger partial charge in [-0.05, 0) is 6.07 Å². The smallest absolute Gasteiger partial charge is 0.267 e. The average Bonchev–Trinajstić information content (AvgIpc) is 2.23. The van der Waals surface area contributed by atoms with Crippen molar-refractivity contribution in [3.63, 3.8) is 0 Å². The van der Waals surface area contributed by atoms with Crippen molar-refractivity contribution in [3.8, 4) is 0 Å². The first-order chi connectivity index (χ1) is 7.11. The molecule has 0 radical (unpaired) electrons. The third-order valence-corrected chi connectivity index (χ3v) is 2.01. The van der Waals surface area contributed by atoms with Crippen molar-refractivity contribution >= 4 is 16.6 Å². The molecular weight excluding hydrogens is 200 g/mol. The molecule has 0 aliphatic heterocycles. The molecule has 0 amide bonds. The Balaban J connectivity index is 2.96. The second-order valence-electron chi connectivity index (χ2n) is 2.95. The van der Waals surface area contributed by atoms with E-state index in [1.54, 1.807) is 0 Å². The summed E-state index contributed by atoms with van der Waals surface area (Å²) < 4.78 is 1.03. The molecule has 76 valence electrons. The molecule has 0 N–H and O–H groups in total. The number of nitro groups is 1. The molecule has 2 aromatic rings. The maximum absolute atomic E-state index is 11.5. The third-order valence-electron chi connectivity index (χ3n) is 2.01. The summed E-state index contributed by atoms with van der Waals surface area (Å²) in [7, 11) is 1.44. The van der Waals surface area contributed by atoms with Crippen LogP contribution in [-0.2, 0) is 7.05 Å². The maximum Gasteiger partial charge on any atom is 0.297 e. The molecule has 0 saturated carbocycles. The summed E-state index contributed by atoms with van der Waals surface area (Å²) in [6.07, 6.45) is 0. The normalized spacial score (nSPS) is 10.5. The minimum absolute atomic E-state index is 0.0191. The summed E-state index contributed by atoms with van der Waals surface area (Å²) in [4.78, 5) is 21.6. The molecule has 1 heterocycles. The van der Waals surface area contributed by atoms with Gasteiger partial charge in [0.1, 0.15) is 0 Å². The summed E-state index contributed by atoms with van der Waals surface area (Å²) in [5.74, 6) is 0. The lowest BCUT2D eigenvalue weighted by atomic mass is 10.2. The molecule has 0 aliphatic rings. The lowest BCUT2D eigenvalue weighted by Gasteiger charge is -1.98. The Morgan fingerprint density at radius 3 is 2.87 bits per heavy atom. The van der Waals surface area contributed by atoms with Crippen LogP contribution in [0, 0.1) is 10.1 Å². The van der Waals surface area contributed by atoms with Gasteiger partial charge in [-0.15, -0.1) is 5.10 Å². The summed E-state index contributed by atoms with van der Waals surface area (Å²) >= 11 is 0. The van der Waals surface area contributed by atoms with E-state index in [1.807, 2.05) is 0 Å². The van der Waals surface area contributed by atoms with Gasteiger partial charge in [0, 0.05) is 13.1 Å². The van der Waals surface area contributed by atoms with Crippen molar-refractivity contribution in [2.45, 2.75) is 0 Å².